The maximum absolute atomic E-state index is 12.9. The largest absolute Gasteiger partial charge is 0.478 e. The second-order valence-corrected chi connectivity index (χ2v) is 8.85. The number of carbonyl (C=O) groups excluding carboxylic acids is 2. The maximum Gasteiger partial charge on any atom is 0.335 e. The van der Waals surface area contributed by atoms with Gasteiger partial charge in [0.1, 0.15) is 0 Å². The normalized spacial score (nSPS) is 11.5. The van der Waals surface area contributed by atoms with Gasteiger partial charge in [-0.1, -0.05) is 49.4 Å². The van der Waals surface area contributed by atoms with E-state index in [1.54, 1.807) is 6.07 Å². The number of anilines is 2. The first-order valence-corrected chi connectivity index (χ1v) is 11.5. The zero-order valence-corrected chi connectivity index (χ0v) is 19.3. The molecule has 3 aromatic carbocycles. The van der Waals surface area contributed by atoms with Crippen molar-refractivity contribution in [2.45, 2.75) is 36.8 Å². The minimum absolute atomic E-state index is 0.109. The molecule has 2 amide bonds. The molecular weight excluding hydrogens is 436 g/mol. The summed E-state index contributed by atoms with van der Waals surface area (Å²) in [6, 6.07) is 21.6. The third kappa shape index (κ3) is 6.95. The number of benzene rings is 3. The van der Waals surface area contributed by atoms with Crippen LogP contribution in [0.2, 0.25) is 0 Å². The SMILES string of the molecule is CCC(Sc1cccc(NC(=O)Cc2ccccc2)c1)C(=O)Nc1cc(C(=O)O)ccc1C. The molecule has 1 atom stereocenters. The van der Waals surface area contributed by atoms with Crippen molar-refractivity contribution in [2.24, 2.45) is 0 Å². The monoisotopic (exact) mass is 462 g/mol. The maximum atomic E-state index is 12.9. The number of rotatable bonds is 9. The summed E-state index contributed by atoms with van der Waals surface area (Å²) >= 11 is 1.40. The van der Waals surface area contributed by atoms with Crippen LogP contribution in [0.25, 0.3) is 0 Å². The number of thioether (sulfide) groups is 1. The lowest BCUT2D eigenvalue weighted by Crippen LogP contribution is -2.25. The Kier molecular flexibility index (Phi) is 8.27. The quantitative estimate of drug-likeness (QED) is 0.371. The van der Waals surface area contributed by atoms with E-state index in [0.717, 1.165) is 16.0 Å². The number of hydrogen-bond acceptors (Lipinski definition) is 4. The van der Waals surface area contributed by atoms with E-state index in [2.05, 4.69) is 10.6 Å². The predicted molar refractivity (Wildman–Crippen MR) is 132 cm³/mol. The lowest BCUT2D eigenvalue weighted by atomic mass is 10.1. The highest BCUT2D eigenvalue weighted by Crippen LogP contribution is 2.29. The molecule has 0 bridgehead atoms. The van der Waals surface area contributed by atoms with Gasteiger partial charge in [0.15, 0.2) is 0 Å². The first-order chi connectivity index (χ1) is 15.9. The highest BCUT2D eigenvalue weighted by Gasteiger charge is 2.19. The van der Waals surface area contributed by atoms with Crippen LogP contribution in [-0.2, 0) is 16.0 Å². The van der Waals surface area contributed by atoms with Crippen molar-refractivity contribution in [1.82, 2.24) is 0 Å². The van der Waals surface area contributed by atoms with Gasteiger partial charge in [-0.3, -0.25) is 9.59 Å². The van der Waals surface area contributed by atoms with Crippen molar-refractivity contribution < 1.29 is 19.5 Å². The van der Waals surface area contributed by atoms with Crippen molar-refractivity contribution in [3.63, 3.8) is 0 Å². The van der Waals surface area contributed by atoms with Gasteiger partial charge < -0.3 is 15.7 Å². The molecule has 0 radical (unpaired) electrons. The molecular formula is C26H26N2O4S. The third-order valence-corrected chi connectivity index (χ3v) is 6.37. The van der Waals surface area contributed by atoms with Gasteiger partial charge in [0.05, 0.1) is 17.2 Å². The van der Waals surface area contributed by atoms with E-state index in [1.165, 1.54) is 23.9 Å². The standard InChI is InChI=1S/C26H26N2O4S/c1-3-23(25(30)28-22-15-19(26(31)32)13-12-17(22)2)33-21-11-7-10-20(16-21)27-24(29)14-18-8-5-4-6-9-18/h4-13,15-16,23H,3,14H2,1-2H3,(H,27,29)(H,28,30)(H,31,32). The predicted octanol–water partition coefficient (Wildman–Crippen LogP) is 5.38. The van der Waals surface area contributed by atoms with Crippen molar-refractivity contribution >= 4 is 40.9 Å². The third-order valence-electron chi connectivity index (χ3n) is 5.01. The summed E-state index contributed by atoms with van der Waals surface area (Å²) in [4.78, 5) is 37.4. The number of nitrogens with one attached hydrogen (secondary N) is 2. The lowest BCUT2D eigenvalue weighted by molar-refractivity contribution is -0.116. The van der Waals surface area contributed by atoms with E-state index in [9.17, 15) is 19.5 Å². The Bertz CT molecular complexity index is 1150. The summed E-state index contributed by atoms with van der Waals surface area (Å²) in [5, 5.41) is 14.6. The molecule has 3 aromatic rings. The highest BCUT2D eigenvalue weighted by atomic mass is 32.2. The molecule has 3 N–H and O–H groups in total. The van der Waals surface area contributed by atoms with Crippen molar-refractivity contribution in [2.75, 3.05) is 10.6 Å². The number of amides is 2. The van der Waals surface area contributed by atoms with Crippen molar-refractivity contribution in [3.05, 3.63) is 89.5 Å². The molecule has 0 saturated carbocycles. The molecule has 0 aliphatic carbocycles. The number of carbonyl (C=O) groups is 3. The van der Waals surface area contributed by atoms with Crippen LogP contribution in [0.15, 0.2) is 77.7 Å². The van der Waals surface area contributed by atoms with E-state index < -0.39 is 5.97 Å². The van der Waals surface area contributed by atoms with Gasteiger partial charge in [-0.05, 0) is 54.8 Å². The molecule has 0 aliphatic heterocycles. The average molecular weight is 463 g/mol. The van der Waals surface area contributed by atoms with Crippen LogP contribution >= 0.6 is 11.8 Å². The molecule has 0 saturated heterocycles. The van der Waals surface area contributed by atoms with Crippen molar-refractivity contribution in [3.8, 4) is 0 Å². The zero-order chi connectivity index (χ0) is 23.8. The Morgan fingerprint density at radius 1 is 0.939 bits per heavy atom. The van der Waals surface area contributed by atoms with E-state index >= 15 is 0 Å². The molecule has 170 valence electrons. The fraction of sp³-hybridized carbons (Fsp3) is 0.192. The Morgan fingerprint density at radius 2 is 1.70 bits per heavy atom. The van der Waals surface area contributed by atoms with Gasteiger partial charge in [-0.15, -0.1) is 11.8 Å². The summed E-state index contributed by atoms with van der Waals surface area (Å²) in [6.07, 6.45) is 0.867. The summed E-state index contributed by atoms with van der Waals surface area (Å²) in [5.41, 5.74) is 3.00. The summed E-state index contributed by atoms with van der Waals surface area (Å²) in [6.45, 7) is 3.74. The van der Waals surface area contributed by atoms with Crippen LogP contribution < -0.4 is 10.6 Å². The van der Waals surface area contributed by atoms with E-state index in [4.69, 9.17) is 0 Å². The number of aryl methyl sites for hydroxylation is 1. The van der Waals surface area contributed by atoms with Crippen LogP contribution in [0.3, 0.4) is 0 Å². The zero-order valence-electron chi connectivity index (χ0n) is 18.5. The minimum atomic E-state index is -1.04. The minimum Gasteiger partial charge on any atom is -0.478 e. The molecule has 3 rings (SSSR count). The molecule has 0 spiro atoms. The topological polar surface area (TPSA) is 95.5 Å². The van der Waals surface area contributed by atoms with Crippen molar-refractivity contribution in [1.29, 1.82) is 0 Å². The fourth-order valence-electron chi connectivity index (χ4n) is 3.22. The fourth-order valence-corrected chi connectivity index (χ4v) is 4.24. The molecule has 1 unspecified atom stereocenters. The summed E-state index contributed by atoms with van der Waals surface area (Å²) in [5.74, 6) is -1.35. The van der Waals surface area contributed by atoms with Crippen LogP contribution in [0, 0.1) is 6.92 Å². The number of carboxylic acid groups (broad SMARTS) is 1. The van der Waals surface area contributed by atoms with Crippen LogP contribution in [0.4, 0.5) is 11.4 Å². The van der Waals surface area contributed by atoms with Gasteiger partial charge in [-0.2, -0.15) is 0 Å². The Hall–Kier alpha value is -3.58. The Labute approximate surface area is 197 Å². The first-order valence-electron chi connectivity index (χ1n) is 10.6. The van der Waals surface area contributed by atoms with Gasteiger partial charge in [0.25, 0.3) is 0 Å². The van der Waals surface area contributed by atoms with Gasteiger partial charge in [-0.25, -0.2) is 4.79 Å². The molecule has 33 heavy (non-hydrogen) atoms. The number of hydrogen-bond donors (Lipinski definition) is 3. The average Bonchev–Trinajstić information content (AvgIpc) is 2.79. The van der Waals surface area contributed by atoms with Gasteiger partial charge in [0.2, 0.25) is 11.8 Å². The van der Waals surface area contributed by atoms with E-state index in [0.29, 0.717) is 17.8 Å². The Morgan fingerprint density at radius 3 is 2.39 bits per heavy atom. The van der Waals surface area contributed by atoms with E-state index in [-0.39, 0.29) is 29.0 Å². The number of aromatic carboxylic acids is 1. The van der Waals surface area contributed by atoms with Gasteiger partial charge >= 0.3 is 5.97 Å². The molecule has 7 heteroatoms. The second kappa shape index (κ2) is 11.3. The van der Waals surface area contributed by atoms with Crippen LogP contribution in [0.1, 0.15) is 34.8 Å². The second-order valence-electron chi connectivity index (χ2n) is 7.58. The summed E-state index contributed by atoms with van der Waals surface area (Å²) < 4.78 is 0. The molecule has 0 aromatic heterocycles. The van der Waals surface area contributed by atoms with Crippen LogP contribution in [-0.4, -0.2) is 28.1 Å². The van der Waals surface area contributed by atoms with E-state index in [1.807, 2.05) is 68.4 Å². The smallest absolute Gasteiger partial charge is 0.335 e. The lowest BCUT2D eigenvalue weighted by Gasteiger charge is -2.17. The Balaban J connectivity index is 1.65. The molecule has 6 nitrogen and oxygen atoms in total. The van der Waals surface area contributed by atoms with Gasteiger partial charge in [0, 0.05) is 16.3 Å². The molecule has 0 aliphatic rings. The highest BCUT2D eigenvalue weighted by molar-refractivity contribution is 8.00. The number of carboxylic acids is 1. The summed E-state index contributed by atoms with van der Waals surface area (Å²) in [7, 11) is 0. The molecule has 0 heterocycles. The molecule has 0 fully saturated rings. The van der Waals surface area contributed by atoms with Crippen LogP contribution in [0.5, 0.6) is 0 Å². The first kappa shape index (κ1) is 24.1.